The summed E-state index contributed by atoms with van der Waals surface area (Å²) in [6.45, 7) is 8.32. The number of imidazole rings is 1. The summed E-state index contributed by atoms with van der Waals surface area (Å²) in [5.41, 5.74) is 2.17. The molecule has 4 heteroatoms. The predicted molar refractivity (Wildman–Crippen MR) is 87.0 cm³/mol. The molecular formula is C16H24N2OS. The molecule has 20 heavy (non-hydrogen) atoms. The van der Waals surface area contributed by atoms with Crippen molar-refractivity contribution in [2.24, 2.45) is 5.92 Å². The number of hydrogen-bond donors (Lipinski definition) is 1. The van der Waals surface area contributed by atoms with Crippen molar-refractivity contribution in [3.05, 3.63) is 23.0 Å². The Kier molecular flexibility index (Phi) is 5.24. The Bertz CT molecular complexity index is 612. The lowest BCUT2D eigenvalue weighted by Gasteiger charge is -2.08. The van der Waals surface area contributed by atoms with Crippen LogP contribution in [0.4, 0.5) is 0 Å². The summed E-state index contributed by atoms with van der Waals surface area (Å²) < 4.78 is 8.76. The van der Waals surface area contributed by atoms with Crippen molar-refractivity contribution < 1.29 is 4.74 Å². The second kappa shape index (κ2) is 6.93. The van der Waals surface area contributed by atoms with E-state index in [9.17, 15) is 0 Å². The smallest absolute Gasteiger partial charge is 0.178 e. The molecule has 0 unspecified atom stereocenters. The van der Waals surface area contributed by atoms with Gasteiger partial charge in [-0.3, -0.25) is 0 Å². The molecule has 0 radical (unpaired) electrons. The van der Waals surface area contributed by atoms with Gasteiger partial charge in [0.25, 0.3) is 0 Å². The van der Waals surface area contributed by atoms with Crippen LogP contribution in [0.5, 0.6) is 5.75 Å². The van der Waals surface area contributed by atoms with Crippen molar-refractivity contribution in [3.8, 4) is 5.75 Å². The Labute approximate surface area is 126 Å². The maximum absolute atomic E-state index is 5.79. The Hall–Kier alpha value is -1.29. The van der Waals surface area contributed by atoms with Crippen molar-refractivity contribution in [2.75, 3.05) is 6.61 Å². The van der Waals surface area contributed by atoms with E-state index in [1.165, 1.54) is 6.42 Å². The van der Waals surface area contributed by atoms with Crippen LogP contribution in [0.15, 0.2) is 18.2 Å². The minimum atomic E-state index is 0.734. The van der Waals surface area contributed by atoms with Gasteiger partial charge in [-0.2, -0.15) is 0 Å². The average molecular weight is 292 g/mol. The third kappa shape index (κ3) is 3.42. The van der Waals surface area contributed by atoms with Gasteiger partial charge in [0.2, 0.25) is 0 Å². The monoisotopic (exact) mass is 292 g/mol. The molecule has 0 aliphatic rings. The summed E-state index contributed by atoms with van der Waals surface area (Å²) in [6, 6.07) is 6.15. The van der Waals surface area contributed by atoms with Crippen LogP contribution in [0, 0.1) is 10.7 Å². The fourth-order valence-electron chi connectivity index (χ4n) is 2.37. The zero-order valence-electron chi connectivity index (χ0n) is 12.6. The molecule has 1 heterocycles. The van der Waals surface area contributed by atoms with E-state index in [0.717, 1.165) is 53.5 Å². The SMILES string of the molecule is CCCOc1cccc2c1[nH]c(=S)n2CCCC(C)C. The number of aromatic amines is 1. The highest BCUT2D eigenvalue weighted by atomic mass is 32.1. The summed E-state index contributed by atoms with van der Waals surface area (Å²) in [7, 11) is 0. The van der Waals surface area contributed by atoms with Gasteiger partial charge in [0.1, 0.15) is 11.3 Å². The Morgan fingerprint density at radius 2 is 2.15 bits per heavy atom. The molecule has 0 aliphatic carbocycles. The molecule has 0 bridgehead atoms. The molecule has 2 aromatic rings. The number of para-hydroxylation sites is 1. The molecule has 3 nitrogen and oxygen atoms in total. The van der Waals surface area contributed by atoms with Gasteiger partial charge in [-0.25, -0.2) is 0 Å². The first-order valence-corrected chi connectivity index (χ1v) is 7.88. The van der Waals surface area contributed by atoms with Crippen molar-refractivity contribution in [1.29, 1.82) is 0 Å². The van der Waals surface area contributed by atoms with Crippen LogP contribution in [0.3, 0.4) is 0 Å². The van der Waals surface area contributed by atoms with Crippen LogP contribution in [0.25, 0.3) is 11.0 Å². The van der Waals surface area contributed by atoms with Gasteiger partial charge in [-0.05, 0) is 49.5 Å². The summed E-state index contributed by atoms with van der Waals surface area (Å²) in [4.78, 5) is 3.30. The zero-order valence-corrected chi connectivity index (χ0v) is 13.4. The van der Waals surface area contributed by atoms with Gasteiger partial charge in [-0.1, -0.05) is 26.8 Å². The number of H-pyrrole nitrogens is 1. The molecule has 0 amide bonds. The lowest BCUT2D eigenvalue weighted by molar-refractivity contribution is 0.320. The molecule has 0 fully saturated rings. The highest BCUT2D eigenvalue weighted by Crippen LogP contribution is 2.25. The molecule has 1 aromatic carbocycles. The molecular weight excluding hydrogens is 268 g/mol. The molecule has 0 spiro atoms. The Morgan fingerprint density at radius 3 is 2.85 bits per heavy atom. The van der Waals surface area contributed by atoms with E-state index in [0.29, 0.717) is 0 Å². The Morgan fingerprint density at radius 1 is 1.35 bits per heavy atom. The molecule has 1 aromatic heterocycles. The van der Waals surface area contributed by atoms with Gasteiger partial charge >= 0.3 is 0 Å². The van der Waals surface area contributed by atoms with Crippen LogP contribution in [0.2, 0.25) is 0 Å². The van der Waals surface area contributed by atoms with Crippen LogP contribution in [-0.4, -0.2) is 16.2 Å². The molecule has 2 rings (SSSR count). The topological polar surface area (TPSA) is 29.9 Å². The summed E-state index contributed by atoms with van der Waals surface area (Å²) in [6.07, 6.45) is 3.38. The number of hydrogen-bond acceptors (Lipinski definition) is 2. The number of aromatic nitrogens is 2. The molecule has 0 aliphatic heterocycles. The number of rotatable bonds is 7. The van der Waals surface area contributed by atoms with E-state index in [2.05, 4.69) is 36.4 Å². The van der Waals surface area contributed by atoms with Gasteiger partial charge in [-0.15, -0.1) is 0 Å². The maximum atomic E-state index is 5.79. The third-order valence-electron chi connectivity index (χ3n) is 3.40. The van der Waals surface area contributed by atoms with Gasteiger partial charge < -0.3 is 14.3 Å². The van der Waals surface area contributed by atoms with E-state index >= 15 is 0 Å². The summed E-state index contributed by atoms with van der Waals surface area (Å²) in [5, 5.41) is 0. The van der Waals surface area contributed by atoms with Gasteiger partial charge in [0.15, 0.2) is 4.77 Å². The molecule has 110 valence electrons. The molecule has 0 saturated heterocycles. The van der Waals surface area contributed by atoms with Crippen LogP contribution in [0.1, 0.15) is 40.0 Å². The van der Waals surface area contributed by atoms with E-state index in [1.54, 1.807) is 0 Å². The lowest BCUT2D eigenvalue weighted by Crippen LogP contribution is -2.00. The molecule has 0 atom stereocenters. The quantitative estimate of drug-likeness (QED) is 0.734. The van der Waals surface area contributed by atoms with Crippen molar-refractivity contribution in [2.45, 2.75) is 46.6 Å². The summed E-state index contributed by atoms with van der Waals surface area (Å²) >= 11 is 5.46. The van der Waals surface area contributed by atoms with E-state index < -0.39 is 0 Å². The van der Waals surface area contributed by atoms with Crippen LogP contribution >= 0.6 is 12.2 Å². The first-order chi connectivity index (χ1) is 9.63. The lowest BCUT2D eigenvalue weighted by atomic mass is 10.1. The zero-order chi connectivity index (χ0) is 14.5. The predicted octanol–water partition coefficient (Wildman–Crippen LogP) is 4.92. The minimum Gasteiger partial charge on any atom is -0.491 e. The largest absolute Gasteiger partial charge is 0.491 e. The van der Waals surface area contributed by atoms with Crippen molar-refractivity contribution in [3.63, 3.8) is 0 Å². The second-order valence-electron chi connectivity index (χ2n) is 5.62. The fourth-order valence-corrected chi connectivity index (χ4v) is 2.66. The first kappa shape index (κ1) is 15.1. The number of nitrogens with one attached hydrogen (secondary N) is 1. The molecule has 0 saturated carbocycles. The number of fused-ring (bicyclic) bond motifs is 1. The van der Waals surface area contributed by atoms with Crippen molar-refractivity contribution >= 4 is 23.3 Å². The number of benzene rings is 1. The number of ether oxygens (including phenoxy) is 1. The number of nitrogens with zero attached hydrogens (tertiary/aromatic N) is 1. The van der Waals surface area contributed by atoms with Crippen LogP contribution in [-0.2, 0) is 6.54 Å². The van der Waals surface area contributed by atoms with E-state index in [1.807, 2.05) is 12.1 Å². The van der Waals surface area contributed by atoms with Crippen molar-refractivity contribution in [1.82, 2.24) is 9.55 Å². The second-order valence-corrected chi connectivity index (χ2v) is 6.00. The highest BCUT2D eigenvalue weighted by Gasteiger charge is 2.09. The third-order valence-corrected chi connectivity index (χ3v) is 3.72. The average Bonchev–Trinajstić information content (AvgIpc) is 2.73. The van der Waals surface area contributed by atoms with Crippen LogP contribution < -0.4 is 4.74 Å². The normalized spacial score (nSPS) is 11.4. The van der Waals surface area contributed by atoms with E-state index in [-0.39, 0.29) is 0 Å². The molecule has 1 N–H and O–H groups in total. The maximum Gasteiger partial charge on any atom is 0.178 e. The van der Waals surface area contributed by atoms with Gasteiger partial charge in [0, 0.05) is 6.54 Å². The van der Waals surface area contributed by atoms with Gasteiger partial charge in [0.05, 0.1) is 12.1 Å². The first-order valence-electron chi connectivity index (χ1n) is 7.47. The highest BCUT2D eigenvalue weighted by molar-refractivity contribution is 7.71. The standard InChI is InChI=1S/C16H24N2OS/c1-4-11-19-14-9-5-8-13-15(14)17-16(20)18(13)10-6-7-12(2)3/h5,8-9,12H,4,6-7,10-11H2,1-3H3,(H,17,20). The fraction of sp³-hybridized carbons (Fsp3) is 0.562. The Balaban J connectivity index is 2.27. The minimum absolute atomic E-state index is 0.734. The summed E-state index contributed by atoms with van der Waals surface area (Å²) in [5.74, 6) is 1.64. The van der Waals surface area contributed by atoms with E-state index in [4.69, 9.17) is 17.0 Å². The number of aryl methyl sites for hydroxylation is 1.